The SMILES string of the molecule is CNc1cc(NC)c(CCn2c(=O)c3c(nc(Br)n3CC=C(C)C)n(C)c2=O)c(NC)c1. The highest BCUT2D eigenvalue weighted by atomic mass is 79.9. The Morgan fingerprint density at radius 3 is 2.22 bits per heavy atom. The van der Waals surface area contributed by atoms with Gasteiger partial charge in [-0.25, -0.2) is 9.78 Å². The van der Waals surface area contributed by atoms with Crippen LogP contribution in [0.3, 0.4) is 0 Å². The maximum Gasteiger partial charge on any atom is 0.332 e. The summed E-state index contributed by atoms with van der Waals surface area (Å²) in [6, 6.07) is 4.01. The minimum Gasteiger partial charge on any atom is -0.388 e. The molecule has 0 saturated carbocycles. The van der Waals surface area contributed by atoms with E-state index in [2.05, 4.69) is 36.9 Å². The van der Waals surface area contributed by atoms with Crippen molar-refractivity contribution < 1.29 is 0 Å². The largest absolute Gasteiger partial charge is 0.388 e. The van der Waals surface area contributed by atoms with Gasteiger partial charge in [0.2, 0.25) is 0 Å². The lowest BCUT2D eigenvalue weighted by Gasteiger charge is -2.17. The molecule has 0 unspecified atom stereocenters. The summed E-state index contributed by atoms with van der Waals surface area (Å²) in [4.78, 5) is 30.9. The zero-order valence-corrected chi connectivity index (χ0v) is 20.9. The fourth-order valence-corrected chi connectivity index (χ4v) is 4.23. The average molecular weight is 504 g/mol. The van der Waals surface area contributed by atoms with Gasteiger partial charge in [-0.2, -0.15) is 0 Å². The van der Waals surface area contributed by atoms with E-state index in [1.165, 1.54) is 9.13 Å². The van der Waals surface area contributed by atoms with E-state index in [9.17, 15) is 9.59 Å². The molecule has 0 saturated heterocycles. The Hall–Kier alpha value is -3.01. The fourth-order valence-electron chi connectivity index (χ4n) is 3.74. The molecular formula is C22H30BrN7O2. The average Bonchev–Trinajstić information content (AvgIpc) is 3.11. The van der Waals surface area contributed by atoms with Crippen molar-refractivity contribution >= 4 is 44.2 Å². The van der Waals surface area contributed by atoms with E-state index >= 15 is 0 Å². The fraction of sp³-hybridized carbons (Fsp3) is 0.409. The molecule has 0 bridgehead atoms. The van der Waals surface area contributed by atoms with Crippen molar-refractivity contribution in [3.8, 4) is 0 Å². The first-order valence-corrected chi connectivity index (χ1v) is 11.2. The van der Waals surface area contributed by atoms with Gasteiger partial charge >= 0.3 is 5.69 Å². The number of halogens is 1. The normalized spacial score (nSPS) is 11.0. The van der Waals surface area contributed by atoms with Crippen LogP contribution in [0.4, 0.5) is 17.1 Å². The molecule has 0 amide bonds. The molecule has 2 aromatic heterocycles. The zero-order valence-electron chi connectivity index (χ0n) is 19.3. The maximum atomic E-state index is 13.4. The number of hydrogen-bond acceptors (Lipinski definition) is 6. The van der Waals surface area contributed by atoms with Crippen LogP contribution in [0.15, 0.2) is 38.1 Å². The first kappa shape index (κ1) is 23.6. The summed E-state index contributed by atoms with van der Waals surface area (Å²) in [6.45, 7) is 4.74. The number of rotatable bonds is 8. The van der Waals surface area contributed by atoms with Crippen LogP contribution in [0.5, 0.6) is 0 Å². The second-order valence-corrected chi connectivity index (χ2v) is 8.50. The summed E-state index contributed by atoms with van der Waals surface area (Å²) in [5, 5.41) is 9.57. The number of anilines is 3. The third kappa shape index (κ3) is 4.32. The van der Waals surface area contributed by atoms with Crippen LogP contribution in [0.25, 0.3) is 11.2 Å². The van der Waals surface area contributed by atoms with Crippen molar-refractivity contribution in [2.24, 2.45) is 7.05 Å². The first-order valence-electron chi connectivity index (χ1n) is 10.4. The van der Waals surface area contributed by atoms with E-state index in [-0.39, 0.29) is 17.8 Å². The van der Waals surface area contributed by atoms with Crippen LogP contribution < -0.4 is 27.2 Å². The smallest absolute Gasteiger partial charge is 0.332 e. The molecule has 0 atom stereocenters. The Morgan fingerprint density at radius 1 is 1.06 bits per heavy atom. The molecule has 0 aliphatic carbocycles. The number of aromatic nitrogens is 4. The molecule has 1 aromatic carbocycles. The summed E-state index contributed by atoms with van der Waals surface area (Å²) in [6.07, 6.45) is 2.52. The molecule has 3 aromatic rings. The van der Waals surface area contributed by atoms with Gasteiger partial charge in [0.05, 0.1) is 0 Å². The predicted molar refractivity (Wildman–Crippen MR) is 135 cm³/mol. The Labute approximate surface area is 195 Å². The van der Waals surface area contributed by atoms with Crippen LogP contribution in [0, 0.1) is 0 Å². The number of allylic oxidation sites excluding steroid dienone is 2. The minimum atomic E-state index is -0.384. The van der Waals surface area contributed by atoms with Crippen molar-refractivity contribution in [2.75, 3.05) is 37.1 Å². The molecule has 0 spiro atoms. The molecule has 172 valence electrons. The van der Waals surface area contributed by atoms with E-state index < -0.39 is 0 Å². The Morgan fingerprint density at radius 2 is 1.69 bits per heavy atom. The molecule has 0 radical (unpaired) electrons. The first-order chi connectivity index (χ1) is 15.2. The van der Waals surface area contributed by atoms with Gasteiger partial charge in [0, 0.05) is 63.9 Å². The lowest BCUT2D eigenvalue weighted by atomic mass is 10.1. The number of fused-ring (bicyclic) bond motifs is 1. The van der Waals surface area contributed by atoms with E-state index in [1.807, 2.05) is 53.2 Å². The lowest BCUT2D eigenvalue weighted by Crippen LogP contribution is -2.40. The van der Waals surface area contributed by atoms with Crippen molar-refractivity contribution in [1.29, 1.82) is 0 Å². The van der Waals surface area contributed by atoms with Crippen molar-refractivity contribution in [2.45, 2.75) is 33.4 Å². The van der Waals surface area contributed by atoms with Crippen LogP contribution in [0.2, 0.25) is 0 Å². The Balaban J connectivity index is 2.11. The van der Waals surface area contributed by atoms with E-state index in [0.717, 1.165) is 28.2 Å². The molecule has 9 nitrogen and oxygen atoms in total. The van der Waals surface area contributed by atoms with Crippen LogP contribution in [0.1, 0.15) is 19.4 Å². The van der Waals surface area contributed by atoms with Crippen molar-refractivity contribution in [3.63, 3.8) is 0 Å². The number of benzene rings is 1. The summed E-state index contributed by atoms with van der Waals surface area (Å²) < 4.78 is 5.04. The van der Waals surface area contributed by atoms with Gasteiger partial charge in [0.1, 0.15) is 0 Å². The zero-order chi connectivity index (χ0) is 23.6. The number of imidazole rings is 1. The van der Waals surface area contributed by atoms with Gasteiger partial charge in [-0.3, -0.25) is 13.9 Å². The quantitative estimate of drug-likeness (QED) is 0.323. The summed E-state index contributed by atoms with van der Waals surface area (Å²) >= 11 is 3.44. The monoisotopic (exact) mass is 503 g/mol. The summed E-state index contributed by atoms with van der Waals surface area (Å²) in [7, 11) is 7.22. The second-order valence-electron chi connectivity index (χ2n) is 7.79. The van der Waals surface area contributed by atoms with E-state index in [1.54, 1.807) is 11.6 Å². The van der Waals surface area contributed by atoms with Crippen molar-refractivity contribution in [1.82, 2.24) is 18.7 Å². The molecule has 32 heavy (non-hydrogen) atoms. The molecule has 3 rings (SSSR count). The molecule has 0 fully saturated rings. The molecule has 10 heteroatoms. The predicted octanol–water partition coefficient (Wildman–Crippen LogP) is 2.99. The van der Waals surface area contributed by atoms with Crippen LogP contribution in [-0.2, 0) is 26.6 Å². The highest BCUT2D eigenvalue weighted by Gasteiger charge is 2.19. The molecule has 3 N–H and O–H groups in total. The molecule has 0 aliphatic heterocycles. The standard InChI is InChI=1S/C22H30BrN7O2/c1-13(2)7-9-29-18-19(27-21(29)23)28(6)22(32)30(20(18)31)10-8-15-16(25-4)11-14(24-3)12-17(15)26-5/h7,11-12,24-26H,8-10H2,1-6H3. The minimum absolute atomic E-state index is 0.245. The van der Waals surface area contributed by atoms with Gasteiger partial charge in [-0.05, 0) is 48.3 Å². The van der Waals surface area contributed by atoms with E-state index in [0.29, 0.717) is 28.9 Å². The van der Waals surface area contributed by atoms with Gasteiger partial charge in [-0.15, -0.1) is 0 Å². The van der Waals surface area contributed by atoms with Crippen molar-refractivity contribution in [3.05, 3.63) is 54.9 Å². The maximum absolute atomic E-state index is 13.4. The topological polar surface area (TPSA) is 97.9 Å². The lowest BCUT2D eigenvalue weighted by molar-refractivity contribution is 0.601. The Bertz CT molecular complexity index is 1270. The third-order valence-electron chi connectivity index (χ3n) is 5.53. The number of aryl methyl sites for hydroxylation is 1. The second kappa shape index (κ2) is 9.64. The van der Waals surface area contributed by atoms with Gasteiger partial charge < -0.3 is 20.5 Å². The third-order valence-corrected chi connectivity index (χ3v) is 6.14. The summed E-state index contributed by atoms with van der Waals surface area (Å²) in [5.41, 5.74) is 5.02. The molecule has 2 heterocycles. The molecule has 0 aliphatic rings. The Kier molecular flexibility index (Phi) is 7.12. The van der Waals surface area contributed by atoms with Crippen LogP contribution in [-0.4, -0.2) is 39.8 Å². The van der Waals surface area contributed by atoms with Gasteiger partial charge in [0.25, 0.3) is 5.56 Å². The van der Waals surface area contributed by atoms with E-state index in [4.69, 9.17) is 0 Å². The summed E-state index contributed by atoms with van der Waals surface area (Å²) in [5.74, 6) is 0. The number of nitrogens with zero attached hydrogens (tertiary/aromatic N) is 4. The number of hydrogen-bond donors (Lipinski definition) is 3. The highest BCUT2D eigenvalue weighted by Crippen LogP contribution is 2.29. The molecular weight excluding hydrogens is 474 g/mol. The highest BCUT2D eigenvalue weighted by molar-refractivity contribution is 9.10. The van der Waals surface area contributed by atoms with Gasteiger partial charge in [-0.1, -0.05) is 11.6 Å². The number of nitrogens with one attached hydrogen (secondary N) is 3. The van der Waals surface area contributed by atoms with Crippen LogP contribution >= 0.6 is 15.9 Å². The van der Waals surface area contributed by atoms with Gasteiger partial charge in [0.15, 0.2) is 15.9 Å².